The summed E-state index contributed by atoms with van der Waals surface area (Å²) in [5, 5.41) is 18.1. The van der Waals surface area contributed by atoms with Crippen molar-refractivity contribution in [1.82, 2.24) is 0 Å². The van der Waals surface area contributed by atoms with Crippen molar-refractivity contribution in [2.24, 2.45) is 0 Å². The van der Waals surface area contributed by atoms with E-state index in [2.05, 4.69) is 65.8 Å². The number of hydrogen-bond donors (Lipinski definition) is 2. The van der Waals surface area contributed by atoms with Crippen LogP contribution >= 0.6 is 0 Å². The van der Waals surface area contributed by atoms with Crippen LogP contribution in [-0.2, 0) is 24.5 Å². The number of esters is 1. The summed E-state index contributed by atoms with van der Waals surface area (Å²) in [6.45, 7) is 9.87. The summed E-state index contributed by atoms with van der Waals surface area (Å²) >= 11 is 0. The molecule has 3 N–H and O–H groups in total. The van der Waals surface area contributed by atoms with Crippen LogP contribution in [0.4, 0.5) is 17.1 Å². The second-order valence-electron chi connectivity index (χ2n) is 15.3. The summed E-state index contributed by atoms with van der Waals surface area (Å²) in [4.78, 5) is 38.6. The molecule has 0 bridgehead atoms. The summed E-state index contributed by atoms with van der Waals surface area (Å²) in [6, 6.07) is 23.0. The number of carbonyl (C=O) groups excluding carboxylic acids is 3. The molecule has 1 unspecified atom stereocenters. The first kappa shape index (κ1) is 48.4. The lowest BCUT2D eigenvalue weighted by molar-refractivity contribution is -0.569. The topological polar surface area (TPSA) is 116 Å². The smallest absolute Gasteiger partial charge is 0.306 e. The molecule has 1 aliphatic rings. The van der Waals surface area contributed by atoms with Gasteiger partial charge in [0.15, 0.2) is 0 Å². The number of rotatable bonds is 28. The molecule has 0 aromatic heterocycles. The van der Waals surface area contributed by atoms with Crippen LogP contribution in [0.2, 0.25) is 0 Å². The highest BCUT2D eigenvalue weighted by molar-refractivity contribution is 5.93. The standard InChI is InChI=1S/C49H64N4O4.C2H6/c1-3-5-7-8-9-10-11-12-13-18-31-49(38-47(56)57-37-6-4-2,43-29-28-41-23-14-15-24-42(41)48(43)51-33-20-35-54)32-19-22-40(39-50)27-30-46-52-44-25-16-17-26-45(44)53(46)34-21-36-55;1-2/h14-17,19,22-30,35-36,51-52H,3-13,18,20-21,31-34,37-38H2,1-2H3;1-2H3/p+1/b22-19+,40-27-,46-30+;. The number of allylic oxidation sites excluding steroid dienone is 5. The van der Waals surface area contributed by atoms with Gasteiger partial charge in [0.1, 0.15) is 24.1 Å². The van der Waals surface area contributed by atoms with Gasteiger partial charge in [0.05, 0.1) is 49.0 Å². The molecule has 3 aromatic rings. The van der Waals surface area contributed by atoms with Crippen LogP contribution in [0.25, 0.3) is 10.8 Å². The van der Waals surface area contributed by atoms with E-state index in [1.165, 1.54) is 44.9 Å². The quantitative estimate of drug-likeness (QED) is 0.0187. The van der Waals surface area contributed by atoms with E-state index in [0.29, 0.717) is 44.5 Å². The number of unbranched alkanes of at least 4 members (excludes halogenated alkanes) is 10. The number of nitriles is 1. The van der Waals surface area contributed by atoms with Crippen LogP contribution in [0, 0.1) is 11.3 Å². The molecule has 1 heterocycles. The van der Waals surface area contributed by atoms with Gasteiger partial charge in [0.25, 0.3) is 0 Å². The lowest BCUT2D eigenvalue weighted by atomic mass is 9.69. The Kier molecular flexibility index (Phi) is 23.3. The first-order valence-electron chi connectivity index (χ1n) is 22.5. The molecule has 1 aliphatic heterocycles. The Morgan fingerprint density at radius 2 is 1.53 bits per heavy atom. The van der Waals surface area contributed by atoms with Crippen molar-refractivity contribution in [3.8, 4) is 6.07 Å². The fraction of sp³-hybridized carbons (Fsp3) is 0.490. The number of nitrogens with two attached hydrogens (primary N) is 1. The van der Waals surface area contributed by atoms with Crippen molar-refractivity contribution in [1.29, 1.82) is 5.26 Å². The van der Waals surface area contributed by atoms with E-state index >= 15 is 0 Å². The Morgan fingerprint density at radius 3 is 2.24 bits per heavy atom. The largest absolute Gasteiger partial charge is 0.466 e. The molecular weight excluding hydrogens is 733 g/mol. The fourth-order valence-electron chi connectivity index (χ4n) is 7.90. The summed E-state index contributed by atoms with van der Waals surface area (Å²) in [7, 11) is 0. The number of benzene rings is 3. The molecule has 8 nitrogen and oxygen atoms in total. The number of aldehydes is 2. The van der Waals surface area contributed by atoms with Crippen LogP contribution < -0.4 is 15.5 Å². The van der Waals surface area contributed by atoms with Crippen LogP contribution in [0.1, 0.15) is 142 Å². The van der Waals surface area contributed by atoms with Gasteiger partial charge in [0.2, 0.25) is 0 Å². The minimum atomic E-state index is -0.601. The van der Waals surface area contributed by atoms with Gasteiger partial charge in [-0.25, -0.2) is 0 Å². The lowest BCUT2D eigenvalue weighted by Gasteiger charge is -2.34. The van der Waals surface area contributed by atoms with Crippen molar-refractivity contribution in [3.63, 3.8) is 0 Å². The lowest BCUT2D eigenvalue weighted by Crippen LogP contribution is -2.79. The monoisotopic (exact) mass is 804 g/mol. The maximum atomic E-state index is 13.8. The number of nitrogens with zero attached hydrogens (tertiary/aromatic N) is 2. The van der Waals surface area contributed by atoms with Crippen molar-refractivity contribution < 1.29 is 24.4 Å². The number of fused-ring (bicyclic) bond motifs is 2. The predicted octanol–water partition coefficient (Wildman–Crippen LogP) is 11.7. The molecule has 0 saturated heterocycles. The van der Waals surface area contributed by atoms with Crippen LogP contribution in [0.15, 0.2) is 96.4 Å². The number of para-hydroxylation sites is 2. The maximum absolute atomic E-state index is 13.8. The first-order chi connectivity index (χ1) is 29.0. The number of nitrogens with one attached hydrogen (secondary N) is 1. The van der Waals surface area contributed by atoms with E-state index in [9.17, 15) is 19.6 Å². The average molecular weight is 804 g/mol. The van der Waals surface area contributed by atoms with Crippen molar-refractivity contribution in [2.45, 2.75) is 142 Å². The van der Waals surface area contributed by atoms with E-state index < -0.39 is 5.41 Å². The molecule has 0 aliphatic carbocycles. The SMILES string of the molecule is CC.CCCCCCCCCCCCC(C/C=C/C(C#N)=C/C=C1\Nc2ccccc2N1CCC=O)(CC(=O)OCCCC)c1ccc2ccccc2c1[NH2+]CCC=O. The molecule has 1 atom stereocenters. The van der Waals surface area contributed by atoms with Crippen molar-refractivity contribution >= 4 is 46.4 Å². The predicted molar refractivity (Wildman–Crippen MR) is 245 cm³/mol. The van der Waals surface area contributed by atoms with Gasteiger partial charge in [-0.1, -0.05) is 147 Å². The summed E-state index contributed by atoms with van der Waals surface area (Å²) in [5.74, 6) is 0.593. The Hall–Kier alpha value is -5.00. The number of ether oxygens (including phenoxy) is 1. The fourth-order valence-corrected chi connectivity index (χ4v) is 7.90. The highest BCUT2D eigenvalue weighted by Crippen LogP contribution is 2.43. The van der Waals surface area contributed by atoms with E-state index in [4.69, 9.17) is 4.74 Å². The zero-order chi connectivity index (χ0) is 42.6. The zero-order valence-electron chi connectivity index (χ0n) is 36.5. The Bertz CT molecular complexity index is 1860. The maximum Gasteiger partial charge on any atom is 0.306 e. The number of quaternary nitrogens is 1. The van der Waals surface area contributed by atoms with Crippen LogP contribution in [0.5, 0.6) is 0 Å². The van der Waals surface area contributed by atoms with Gasteiger partial charge in [0, 0.05) is 29.3 Å². The molecule has 318 valence electrons. The third-order valence-electron chi connectivity index (χ3n) is 11.0. The summed E-state index contributed by atoms with van der Waals surface area (Å²) < 4.78 is 5.87. The second-order valence-corrected chi connectivity index (χ2v) is 15.3. The number of anilines is 2. The summed E-state index contributed by atoms with van der Waals surface area (Å²) in [5.41, 5.74) is 3.98. The molecule has 4 rings (SSSR count). The van der Waals surface area contributed by atoms with E-state index in [-0.39, 0.29) is 12.4 Å². The zero-order valence-corrected chi connectivity index (χ0v) is 36.5. The minimum absolute atomic E-state index is 0.209. The van der Waals surface area contributed by atoms with Gasteiger partial charge in [-0.3, -0.25) is 4.79 Å². The van der Waals surface area contributed by atoms with Crippen molar-refractivity contribution in [3.05, 3.63) is 102 Å². The highest BCUT2D eigenvalue weighted by atomic mass is 16.5. The van der Waals surface area contributed by atoms with E-state index in [1.807, 2.05) is 62.4 Å². The van der Waals surface area contributed by atoms with Gasteiger partial charge in [-0.15, -0.1) is 0 Å². The molecule has 0 spiro atoms. The first-order valence-corrected chi connectivity index (χ1v) is 22.5. The minimum Gasteiger partial charge on any atom is -0.466 e. The average Bonchev–Trinajstić information content (AvgIpc) is 3.62. The molecule has 59 heavy (non-hydrogen) atoms. The molecule has 0 fully saturated rings. The molecule has 0 amide bonds. The Morgan fingerprint density at radius 1 is 0.847 bits per heavy atom. The second kappa shape index (κ2) is 28.4. The third-order valence-corrected chi connectivity index (χ3v) is 11.0. The van der Waals surface area contributed by atoms with E-state index in [0.717, 1.165) is 90.3 Å². The normalized spacial score (nSPS) is 14.0. The molecule has 3 aromatic carbocycles. The van der Waals surface area contributed by atoms with E-state index in [1.54, 1.807) is 6.08 Å². The molecule has 8 heteroatoms. The number of hydrogen-bond acceptors (Lipinski definition) is 7. The van der Waals surface area contributed by atoms with Gasteiger partial charge in [-0.2, -0.15) is 5.26 Å². The number of carbonyl (C=O) groups is 3. The van der Waals surface area contributed by atoms with Crippen LogP contribution in [0.3, 0.4) is 0 Å². The van der Waals surface area contributed by atoms with Gasteiger partial charge in [-0.05, 0) is 61.1 Å². The Labute approximate surface area is 355 Å². The third kappa shape index (κ3) is 15.6. The van der Waals surface area contributed by atoms with Gasteiger partial charge < -0.3 is 29.9 Å². The molecule has 0 radical (unpaired) electrons. The molecule has 0 saturated carbocycles. The van der Waals surface area contributed by atoms with Gasteiger partial charge >= 0.3 is 5.97 Å². The molecular formula is C51H71N4O4+. The Balaban J connectivity index is 0.00000458. The highest BCUT2D eigenvalue weighted by Gasteiger charge is 2.38. The summed E-state index contributed by atoms with van der Waals surface area (Å²) in [6.07, 6.45) is 25.8. The van der Waals surface area contributed by atoms with Crippen molar-refractivity contribution in [2.75, 3.05) is 29.9 Å². The van der Waals surface area contributed by atoms with Crippen LogP contribution in [-0.4, -0.2) is 38.2 Å².